The summed E-state index contributed by atoms with van der Waals surface area (Å²) in [6.07, 6.45) is -3.07. The van der Waals surface area contributed by atoms with Gasteiger partial charge in [0, 0.05) is 12.1 Å². The van der Waals surface area contributed by atoms with E-state index in [0.29, 0.717) is 25.9 Å². The van der Waals surface area contributed by atoms with Gasteiger partial charge in [0.1, 0.15) is 0 Å². The Morgan fingerprint density at radius 3 is 2.44 bits per heavy atom. The number of benzene rings is 1. The van der Waals surface area contributed by atoms with Gasteiger partial charge in [0.15, 0.2) is 5.82 Å². The van der Waals surface area contributed by atoms with Crippen molar-refractivity contribution in [1.29, 1.82) is 0 Å². The van der Waals surface area contributed by atoms with Crippen molar-refractivity contribution in [2.75, 3.05) is 23.5 Å². The van der Waals surface area contributed by atoms with Crippen molar-refractivity contribution < 1.29 is 32.4 Å². The topological polar surface area (TPSA) is 101 Å². The maximum Gasteiger partial charge on any atom is 0.493 e. The molecule has 8 nitrogen and oxygen atoms in total. The first-order valence-electron chi connectivity index (χ1n) is 9.52. The molecule has 1 aliphatic rings. The SMILES string of the molecule is O=C(Nc1ccccc1C(=O)N(OC(=O)C(F)(F)F)c1ccc(Cl)cn1)C1CCNCC1. The lowest BCUT2D eigenvalue weighted by Gasteiger charge is -2.24. The van der Waals surface area contributed by atoms with Gasteiger partial charge in [-0.1, -0.05) is 23.7 Å². The number of carbonyl (C=O) groups is 3. The van der Waals surface area contributed by atoms with Crippen molar-refractivity contribution in [3.8, 4) is 0 Å². The molecular formula is C20H18ClF3N4O4. The molecule has 2 aromatic rings. The molecule has 1 aliphatic heterocycles. The van der Waals surface area contributed by atoms with E-state index in [1.165, 1.54) is 24.3 Å². The van der Waals surface area contributed by atoms with Gasteiger partial charge in [-0.05, 0) is 50.2 Å². The fraction of sp³-hybridized carbons (Fsp3) is 0.300. The Labute approximate surface area is 185 Å². The molecule has 0 spiro atoms. The molecule has 1 aromatic heterocycles. The first-order chi connectivity index (χ1) is 15.2. The summed E-state index contributed by atoms with van der Waals surface area (Å²) in [6, 6.07) is 8.07. The lowest BCUT2D eigenvalue weighted by molar-refractivity contribution is -0.200. The number of carbonyl (C=O) groups excluding carboxylic acids is 3. The Morgan fingerprint density at radius 1 is 1.12 bits per heavy atom. The monoisotopic (exact) mass is 470 g/mol. The third kappa shape index (κ3) is 5.74. The Balaban J connectivity index is 1.91. The molecular weight excluding hydrogens is 453 g/mol. The summed E-state index contributed by atoms with van der Waals surface area (Å²) in [5.74, 6) is -4.76. The molecule has 1 aromatic carbocycles. The zero-order valence-electron chi connectivity index (χ0n) is 16.5. The number of anilines is 2. The van der Waals surface area contributed by atoms with Gasteiger partial charge in [-0.3, -0.25) is 9.59 Å². The number of amides is 2. The quantitative estimate of drug-likeness (QED) is 0.665. The number of halogens is 4. The summed E-state index contributed by atoms with van der Waals surface area (Å²) >= 11 is 5.74. The molecule has 2 heterocycles. The van der Waals surface area contributed by atoms with Crippen LogP contribution in [0.15, 0.2) is 42.6 Å². The van der Waals surface area contributed by atoms with Crippen LogP contribution in [0.3, 0.4) is 0 Å². The van der Waals surface area contributed by atoms with Gasteiger partial charge in [-0.15, -0.1) is 5.06 Å². The summed E-state index contributed by atoms with van der Waals surface area (Å²) < 4.78 is 38.4. The van der Waals surface area contributed by atoms with Gasteiger partial charge in [-0.25, -0.2) is 9.78 Å². The number of piperidine rings is 1. The van der Waals surface area contributed by atoms with Crippen molar-refractivity contribution in [3.63, 3.8) is 0 Å². The van der Waals surface area contributed by atoms with Crippen LogP contribution in [-0.2, 0) is 14.4 Å². The maximum absolute atomic E-state index is 13.1. The van der Waals surface area contributed by atoms with Gasteiger partial charge >= 0.3 is 12.1 Å². The minimum absolute atomic E-state index is 0.0584. The van der Waals surface area contributed by atoms with E-state index in [9.17, 15) is 27.6 Å². The highest BCUT2D eigenvalue weighted by Crippen LogP contribution is 2.26. The minimum Gasteiger partial charge on any atom is -0.325 e. The van der Waals surface area contributed by atoms with Crippen molar-refractivity contribution in [2.45, 2.75) is 19.0 Å². The van der Waals surface area contributed by atoms with E-state index in [1.807, 2.05) is 0 Å². The van der Waals surface area contributed by atoms with Gasteiger partial charge in [0.25, 0.3) is 5.91 Å². The first kappa shape index (κ1) is 23.5. The second kappa shape index (κ2) is 9.96. The van der Waals surface area contributed by atoms with Crippen molar-refractivity contribution in [2.24, 2.45) is 5.92 Å². The number of alkyl halides is 3. The number of rotatable bonds is 4. The van der Waals surface area contributed by atoms with E-state index in [4.69, 9.17) is 11.6 Å². The molecule has 32 heavy (non-hydrogen) atoms. The van der Waals surface area contributed by atoms with E-state index in [2.05, 4.69) is 20.5 Å². The highest BCUT2D eigenvalue weighted by Gasteiger charge is 2.44. The molecule has 0 aliphatic carbocycles. The average Bonchev–Trinajstić information content (AvgIpc) is 2.78. The fourth-order valence-electron chi connectivity index (χ4n) is 3.02. The molecule has 1 fully saturated rings. The van der Waals surface area contributed by atoms with E-state index >= 15 is 0 Å². The van der Waals surface area contributed by atoms with Gasteiger partial charge in [0.05, 0.1) is 16.3 Å². The second-order valence-electron chi connectivity index (χ2n) is 6.87. The molecule has 3 rings (SSSR count). The average molecular weight is 471 g/mol. The maximum atomic E-state index is 13.1. The normalized spacial score (nSPS) is 14.5. The highest BCUT2D eigenvalue weighted by molar-refractivity contribution is 6.30. The van der Waals surface area contributed by atoms with Crippen LogP contribution >= 0.6 is 11.6 Å². The third-order valence-corrected chi connectivity index (χ3v) is 4.86. The number of aromatic nitrogens is 1. The summed E-state index contributed by atoms with van der Waals surface area (Å²) in [5.41, 5.74) is -0.135. The number of nitrogens with zero attached hydrogens (tertiary/aromatic N) is 2. The predicted molar refractivity (Wildman–Crippen MR) is 109 cm³/mol. The zero-order chi connectivity index (χ0) is 23.3. The number of para-hydroxylation sites is 1. The first-order valence-corrected chi connectivity index (χ1v) is 9.90. The predicted octanol–water partition coefficient (Wildman–Crippen LogP) is 3.34. The number of hydroxylamine groups is 1. The van der Waals surface area contributed by atoms with Crippen LogP contribution in [-0.4, -0.2) is 42.0 Å². The van der Waals surface area contributed by atoms with Gasteiger partial charge in [-0.2, -0.15) is 13.2 Å². The summed E-state index contributed by atoms with van der Waals surface area (Å²) in [6.45, 7) is 1.34. The Morgan fingerprint density at radius 2 is 1.81 bits per heavy atom. The van der Waals surface area contributed by atoms with E-state index in [1.54, 1.807) is 6.07 Å². The Bertz CT molecular complexity index is 995. The zero-order valence-corrected chi connectivity index (χ0v) is 17.2. The summed E-state index contributed by atoms with van der Waals surface area (Å²) in [7, 11) is 0. The third-order valence-electron chi connectivity index (χ3n) is 4.64. The molecule has 0 radical (unpaired) electrons. The van der Waals surface area contributed by atoms with Crippen LogP contribution in [0.25, 0.3) is 0 Å². The van der Waals surface area contributed by atoms with Crippen LogP contribution in [0.4, 0.5) is 24.7 Å². The van der Waals surface area contributed by atoms with Crippen molar-refractivity contribution >= 4 is 40.9 Å². The fourth-order valence-corrected chi connectivity index (χ4v) is 3.13. The molecule has 170 valence electrons. The van der Waals surface area contributed by atoms with Crippen LogP contribution < -0.4 is 15.7 Å². The number of nitrogens with one attached hydrogen (secondary N) is 2. The Hall–Kier alpha value is -3.18. The standard InChI is InChI=1S/C20H18ClF3N4O4/c21-13-5-6-16(26-11-13)28(32-19(31)20(22,23)24)18(30)14-3-1-2-4-15(14)27-17(29)12-7-9-25-10-8-12/h1-6,11-12,25H,7-10H2,(H,27,29). The number of hydrogen-bond acceptors (Lipinski definition) is 6. The van der Waals surface area contributed by atoms with Crippen LogP contribution in [0.1, 0.15) is 23.2 Å². The van der Waals surface area contributed by atoms with E-state index in [-0.39, 0.29) is 33.2 Å². The molecule has 0 saturated carbocycles. The number of hydrogen-bond donors (Lipinski definition) is 2. The molecule has 2 N–H and O–H groups in total. The number of pyridine rings is 1. The molecule has 12 heteroatoms. The summed E-state index contributed by atoms with van der Waals surface area (Å²) in [5, 5.41) is 6.04. The largest absolute Gasteiger partial charge is 0.493 e. The molecule has 1 saturated heterocycles. The smallest absolute Gasteiger partial charge is 0.325 e. The molecule has 2 amide bonds. The van der Waals surface area contributed by atoms with Crippen molar-refractivity contribution in [3.05, 3.63) is 53.2 Å². The highest BCUT2D eigenvalue weighted by atomic mass is 35.5. The molecule has 0 unspecified atom stereocenters. The van der Waals surface area contributed by atoms with Crippen LogP contribution in [0.5, 0.6) is 0 Å². The van der Waals surface area contributed by atoms with Crippen molar-refractivity contribution in [1.82, 2.24) is 10.3 Å². The van der Waals surface area contributed by atoms with Crippen LogP contribution in [0, 0.1) is 5.92 Å². The lowest BCUT2D eigenvalue weighted by Crippen LogP contribution is -2.40. The van der Waals surface area contributed by atoms with Gasteiger partial charge in [0.2, 0.25) is 5.91 Å². The van der Waals surface area contributed by atoms with Crippen LogP contribution in [0.2, 0.25) is 5.02 Å². The minimum atomic E-state index is -5.35. The summed E-state index contributed by atoms with van der Waals surface area (Å²) in [4.78, 5) is 45.3. The van der Waals surface area contributed by atoms with E-state index in [0.717, 1.165) is 12.3 Å². The molecule has 0 bridgehead atoms. The second-order valence-corrected chi connectivity index (χ2v) is 7.31. The lowest BCUT2D eigenvalue weighted by atomic mass is 9.97. The van der Waals surface area contributed by atoms with Gasteiger partial charge < -0.3 is 15.5 Å². The van der Waals surface area contributed by atoms with E-state index < -0.39 is 23.9 Å². The molecule has 0 atom stereocenters. The Kier molecular flexibility index (Phi) is 7.31.